The molecule has 0 atom stereocenters. The van der Waals surface area contributed by atoms with Gasteiger partial charge in [-0.3, -0.25) is 0 Å². The molecule has 19 heavy (non-hydrogen) atoms. The minimum absolute atomic E-state index is 0.0517. The predicted octanol–water partition coefficient (Wildman–Crippen LogP) is 3.40. The first-order chi connectivity index (χ1) is 9.29. The lowest BCUT2D eigenvalue weighted by atomic mass is 10.1. The average molecular weight is 257 g/mol. The van der Waals surface area contributed by atoms with Crippen molar-refractivity contribution in [3.63, 3.8) is 0 Å². The summed E-state index contributed by atoms with van der Waals surface area (Å²) in [6.45, 7) is 0. The molecule has 96 valence electrons. The highest BCUT2D eigenvalue weighted by Gasteiger charge is 2.23. The third-order valence-electron chi connectivity index (χ3n) is 3.52. The number of halogens is 1. The molecule has 1 saturated carbocycles. The van der Waals surface area contributed by atoms with Crippen LogP contribution in [0.2, 0.25) is 0 Å². The molecule has 0 spiro atoms. The first-order valence-corrected chi connectivity index (χ1v) is 6.32. The van der Waals surface area contributed by atoms with Gasteiger partial charge >= 0.3 is 0 Å². The van der Waals surface area contributed by atoms with Gasteiger partial charge in [0, 0.05) is 5.92 Å². The predicted molar refractivity (Wildman–Crippen MR) is 65.6 cm³/mol. The maximum absolute atomic E-state index is 13.5. The minimum atomic E-state index is -0.569. The SMILES string of the molecule is N#Cc1c(F)cccc1-c1nc(C2CCCC2)no1. The number of nitriles is 1. The Hall–Kier alpha value is -2.22. The van der Waals surface area contributed by atoms with Crippen molar-refractivity contribution >= 4 is 0 Å². The van der Waals surface area contributed by atoms with E-state index in [0.717, 1.165) is 12.8 Å². The summed E-state index contributed by atoms with van der Waals surface area (Å²) in [5, 5.41) is 13.0. The van der Waals surface area contributed by atoms with E-state index >= 15 is 0 Å². The molecule has 2 aromatic rings. The zero-order valence-electron chi connectivity index (χ0n) is 10.3. The molecule has 1 aliphatic carbocycles. The Morgan fingerprint density at radius 2 is 2.11 bits per heavy atom. The number of rotatable bonds is 2. The fraction of sp³-hybridized carbons (Fsp3) is 0.357. The van der Waals surface area contributed by atoms with Crippen molar-refractivity contribution in [2.75, 3.05) is 0 Å². The van der Waals surface area contributed by atoms with Crippen LogP contribution in [0.4, 0.5) is 4.39 Å². The molecule has 0 saturated heterocycles. The second kappa shape index (κ2) is 4.81. The molecule has 1 fully saturated rings. The largest absolute Gasteiger partial charge is 0.334 e. The van der Waals surface area contributed by atoms with E-state index < -0.39 is 5.82 Å². The number of benzene rings is 1. The van der Waals surface area contributed by atoms with Crippen molar-refractivity contribution in [3.05, 3.63) is 35.4 Å². The number of hydrogen-bond acceptors (Lipinski definition) is 4. The molecular formula is C14H12FN3O. The van der Waals surface area contributed by atoms with Crippen LogP contribution < -0.4 is 0 Å². The van der Waals surface area contributed by atoms with Gasteiger partial charge in [0.1, 0.15) is 17.4 Å². The van der Waals surface area contributed by atoms with Crippen LogP contribution in [0.25, 0.3) is 11.5 Å². The molecule has 0 N–H and O–H groups in total. The average Bonchev–Trinajstić information content (AvgIpc) is 3.09. The monoisotopic (exact) mass is 257 g/mol. The highest BCUT2D eigenvalue weighted by Crippen LogP contribution is 2.33. The molecule has 3 rings (SSSR count). The molecule has 0 unspecified atom stereocenters. The summed E-state index contributed by atoms with van der Waals surface area (Å²) in [7, 11) is 0. The van der Waals surface area contributed by atoms with E-state index in [9.17, 15) is 4.39 Å². The number of nitrogens with zero attached hydrogens (tertiary/aromatic N) is 3. The summed E-state index contributed by atoms with van der Waals surface area (Å²) in [5.74, 6) is 0.649. The van der Waals surface area contributed by atoms with Gasteiger partial charge in [-0.2, -0.15) is 10.2 Å². The third-order valence-corrected chi connectivity index (χ3v) is 3.52. The van der Waals surface area contributed by atoms with Crippen LogP contribution in [0.1, 0.15) is 43.0 Å². The van der Waals surface area contributed by atoms with Crippen LogP contribution in [0.3, 0.4) is 0 Å². The fourth-order valence-corrected chi connectivity index (χ4v) is 2.51. The molecule has 0 radical (unpaired) electrons. The summed E-state index contributed by atoms with van der Waals surface area (Å²) >= 11 is 0. The van der Waals surface area contributed by atoms with Crippen molar-refractivity contribution < 1.29 is 8.91 Å². The fourth-order valence-electron chi connectivity index (χ4n) is 2.51. The third kappa shape index (κ3) is 2.10. The van der Waals surface area contributed by atoms with Crippen LogP contribution in [-0.4, -0.2) is 10.1 Å². The van der Waals surface area contributed by atoms with E-state index in [0.29, 0.717) is 17.3 Å². The zero-order valence-corrected chi connectivity index (χ0v) is 10.3. The van der Waals surface area contributed by atoms with Gasteiger partial charge in [0.15, 0.2) is 5.82 Å². The lowest BCUT2D eigenvalue weighted by molar-refractivity contribution is 0.415. The van der Waals surface area contributed by atoms with Gasteiger partial charge in [0.05, 0.1) is 5.56 Å². The Kier molecular flexibility index (Phi) is 3.00. The van der Waals surface area contributed by atoms with Gasteiger partial charge in [-0.1, -0.05) is 24.1 Å². The van der Waals surface area contributed by atoms with E-state index in [1.807, 2.05) is 6.07 Å². The maximum atomic E-state index is 13.5. The summed E-state index contributed by atoms with van der Waals surface area (Å²) in [4.78, 5) is 4.32. The van der Waals surface area contributed by atoms with Gasteiger partial charge in [-0.05, 0) is 25.0 Å². The Balaban J connectivity index is 1.99. The Labute approximate surface area is 109 Å². The quantitative estimate of drug-likeness (QED) is 0.827. The van der Waals surface area contributed by atoms with Gasteiger partial charge in [0.2, 0.25) is 0 Å². The molecule has 4 nitrogen and oxygen atoms in total. The van der Waals surface area contributed by atoms with Crippen molar-refractivity contribution in [1.29, 1.82) is 5.26 Å². The summed E-state index contributed by atoms with van der Waals surface area (Å²) in [5.41, 5.74) is 0.309. The number of hydrogen-bond donors (Lipinski definition) is 0. The lowest BCUT2D eigenvalue weighted by Crippen LogP contribution is -1.95. The lowest BCUT2D eigenvalue weighted by Gasteiger charge is -2.00. The molecule has 0 bridgehead atoms. The summed E-state index contributed by atoms with van der Waals surface area (Å²) in [6.07, 6.45) is 4.48. The van der Waals surface area contributed by atoms with Crippen molar-refractivity contribution in [2.45, 2.75) is 31.6 Å². The second-order valence-corrected chi connectivity index (χ2v) is 4.71. The van der Waals surface area contributed by atoms with Gasteiger partial charge < -0.3 is 4.52 Å². The normalized spacial score (nSPS) is 15.6. The standard InChI is InChI=1S/C14H12FN3O/c15-12-7-3-6-10(11(12)8-16)14-17-13(18-19-14)9-4-1-2-5-9/h3,6-7,9H,1-2,4-5H2. The molecule has 0 aliphatic heterocycles. The van der Waals surface area contributed by atoms with Gasteiger partial charge in [0.25, 0.3) is 5.89 Å². The topological polar surface area (TPSA) is 62.7 Å². The molecule has 1 aliphatic rings. The molecule has 0 amide bonds. The van der Waals surface area contributed by atoms with E-state index in [-0.39, 0.29) is 11.5 Å². The molecule has 1 aromatic carbocycles. The van der Waals surface area contributed by atoms with E-state index in [2.05, 4.69) is 10.1 Å². The Morgan fingerprint density at radius 3 is 2.84 bits per heavy atom. The summed E-state index contributed by atoms with van der Waals surface area (Å²) < 4.78 is 18.7. The van der Waals surface area contributed by atoms with Gasteiger partial charge in [-0.15, -0.1) is 0 Å². The van der Waals surface area contributed by atoms with Crippen LogP contribution in [0, 0.1) is 17.1 Å². The van der Waals surface area contributed by atoms with Crippen molar-refractivity contribution in [3.8, 4) is 17.5 Å². The first-order valence-electron chi connectivity index (χ1n) is 6.32. The van der Waals surface area contributed by atoms with Crippen LogP contribution in [0.15, 0.2) is 22.7 Å². The van der Waals surface area contributed by atoms with Crippen molar-refractivity contribution in [1.82, 2.24) is 10.1 Å². The highest BCUT2D eigenvalue weighted by molar-refractivity contribution is 5.63. The smallest absolute Gasteiger partial charge is 0.259 e. The second-order valence-electron chi connectivity index (χ2n) is 4.71. The van der Waals surface area contributed by atoms with E-state index in [4.69, 9.17) is 9.78 Å². The maximum Gasteiger partial charge on any atom is 0.259 e. The summed E-state index contributed by atoms with van der Waals surface area (Å²) in [6, 6.07) is 6.24. The molecule has 1 aromatic heterocycles. The highest BCUT2D eigenvalue weighted by atomic mass is 19.1. The van der Waals surface area contributed by atoms with Crippen LogP contribution in [0.5, 0.6) is 0 Å². The first kappa shape index (κ1) is 11.8. The Bertz CT molecular complexity index is 638. The van der Waals surface area contributed by atoms with E-state index in [1.165, 1.54) is 25.0 Å². The number of aromatic nitrogens is 2. The van der Waals surface area contributed by atoms with Gasteiger partial charge in [-0.25, -0.2) is 4.39 Å². The van der Waals surface area contributed by atoms with Crippen LogP contribution in [-0.2, 0) is 0 Å². The molecule has 1 heterocycles. The molecular weight excluding hydrogens is 245 g/mol. The minimum Gasteiger partial charge on any atom is -0.334 e. The molecule has 5 heteroatoms. The van der Waals surface area contributed by atoms with Crippen molar-refractivity contribution in [2.24, 2.45) is 0 Å². The Morgan fingerprint density at radius 1 is 1.32 bits per heavy atom. The van der Waals surface area contributed by atoms with E-state index in [1.54, 1.807) is 6.07 Å². The van der Waals surface area contributed by atoms with Crippen LogP contribution >= 0.6 is 0 Å². The zero-order chi connectivity index (χ0) is 13.2.